The van der Waals surface area contributed by atoms with Gasteiger partial charge in [0, 0.05) is 84.9 Å². The lowest BCUT2D eigenvalue weighted by molar-refractivity contribution is -0.136. The summed E-state index contributed by atoms with van der Waals surface area (Å²) in [7, 11) is 1.31. The number of amidine groups is 1. The molecule has 0 bridgehead atoms. The highest BCUT2D eigenvalue weighted by Gasteiger charge is 2.42. The van der Waals surface area contributed by atoms with Crippen LogP contribution < -0.4 is 15.0 Å². The van der Waals surface area contributed by atoms with Crippen LogP contribution in [0.2, 0.25) is 5.02 Å². The van der Waals surface area contributed by atoms with E-state index in [0.29, 0.717) is 71.9 Å². The molecule has 3 fully saturated rings. The number of thiazole rings is 1. The van der Waals surface area contributed by atoms with Gasteiger partial charge >= 0.3 is 12.0 Å². The third-order valence-corrected chi connectivity index (χ3v) is 11.5. The van der Waals surface area contributed by atoms with Gasteiger partial charge in [-0.25, -0.2) is 19.0 Å². The fourth-order valence-electron chi connectivity index (χ4n) is 7.60. The fraction of sp³-hybridized carbons (Fsp3) is 0.325. The summed E-state index contributed by atoms with van der Waals surface area (Å²) in [5.41, 5.74) is 2.72. The first-order valence-corrected chi connectivity index (χ1v) is 19.5. The summed E-state index contributed by atoms with van der Waals surface area (Å²) >= 11 is 7.92. The summed E-state index contributed by atoms with van der Waals surface area (Å²) in [6.45, 7) is 4.05. The average molecular weight is 784 g/mol. The largest absolute Gasteiger partial charge is 0.466 e. The van der Waals surface area contributed by atoms with E-state index in [1.54, 1.807) is 35.4 Å². The van der Waals surface area contributed by atoms with E-state index in [0.717, 1.165) is 31.6 Å². The van der Waals surface area contributed by atoms with Crippen molar-refractivity contribution in [2.45, 2.75) is 31.3 Å². The number of rotatable bonds is 9. The van der Waals surface area contributed by atoms with E-state index < -0.39 is 17.8 Å². The van der Waals surface area contributed by atoms with Gasteiger partial charge in [-0.3, -0.25) is 19.6 Å². The summed E-state index contributed by atoms with van der Waals surface area (Å²) < 4.78 is 25.4. The molecule has 1 aromatic heterocycles. The number of nitrogens with zero attached hydrogens (tertiary/aromatic N) is 6. The molecule has 0 spiro atoms. The van der Waals surface area contributed by atoms with Crippen LogP contribution in [0.15, 0.2) is 94.6 Å². The number of carbonyl (C=O) groups excluding carboxylic acids is 3. The minimum Gasteiger partial charge on any atom is -0.466 e. The van der Waals surface area contributed by atoms with Gasteiger partial charge in [0.2, 0.25) is 0 Å². The number of anilines is 1. The first-order valence-electron chi connectivity index (χ1n) is 18.2. The molecule has 4 aliphatic heterocycles. The van der Waals surface area contributed by atoms with E-state index in [1.165, 1.54) is 43.1 Å². The Labute approximate surface area is 326 Å². The zero-order valence-electron chi connectivity index (χ0n) is 30.1. The maximum absolute atomic E-state index is 14.1. The number of piperazine rings is 1. The van der Waals surface area contributed by atoms with Crippen LogP contribution in [0.25, 0.3) is 0 Å². The Kier molecular flexibility index (Phi) is 10.5. The topological polar surface area (TPSA) is 120 Å². The molecule has 15 heteroatoms. The molecule has 55 heavy (non-hydrogen) atoms. The molecule has 2 atom stereocenters. The highest BCUT2D eigenvalue weighted by molar-refractivity contribution is 7.11. The van der Waals surface area contributed by atoms with Crippen LogP contribution in [-0.4, -0.2) is 102 Å². The normalized spacial score (nSPS) is 20.2. The summed E-state index contributed by atoms with van der Waals surface area (Å²) in [5.74, 6) is 0.675. The zero-order valence-corrected chi connectivity index (χ0v) is 31.7. The highest BCUT2D eigenvalue weighted by atomic mass is 35.5. The number of piperidine rings is 1. The second kappa shape index (κ2) is 15.8. The standard InChI is InChI=1S/C40H39ClFN7O5S/c1-53-39(51)34-33(44-36(37-43-15-20-55-37)45-35(34)31-14-7-26(42)21-32(31)41)24-46-18-19-48-28(22-46)23-49(40(48)52)27-8-12-30(13-9-27)54-29-10-5-25(6-11-29)38(50)47-16-3-2-4-17-47/h5-15,20-21,28,35H,2-4,16-19,22-24H2,1H3,(H,44,45)/t28-,35?/m0/s1. The maximum atomic E-state index is 14.1. The number of halogens is 2. The predicted molar refractivity (Wildman–Crippen MR) is 207 cm³/mol. The fourth-order valence-corrected chi connectivity index (χ4v) is 8.46. The molecule has 284 valence electrons. The number of hydrogen-bond donors (Lipinski definition) is 1. The smallest absolute Gasteiger partial charge is 0.338 e. The molecule has 0 saturated carbocycles. The Hall–Kier alpha value is -5.31. The monoisotopic (exact) mass is 783 g/mol. The van der Waals surface area contributed by atoms with Crippen molar-refractivity contribution in [1.82, 2.24) is 25.0 Å². The van der Waals surface area contributed by atoms with Crippen molar-refractivity contribution in [2.75, 3.05) is 57.8 Å². The molecule has 5 heterocycles. The lowest BCUT2D eigenvalue weighted by atomic mass is 9.95. The Morgan fingerprint density at radius 1 is 0.964 bits per heavy atom. The molecule has 8 rings (SSSR count). The first kappa shape index (κ1) is 36.7. The van der Waals surface area contributed by atoms with Crippen molar-refractivity contribution in [1.29, 1.82) is 0 Å². The van der Waals surface area contributed by atoms with Gasteiger partial charge < -0.3 is 24.6 Å². The Balaban J connectivity index is 0.951. The van der Waals surface area contributed by atoms with Crippen molar-refractivity contribution < 1.29 is 28.2 Å². The number of nitrogens with one attached hydrogen (secondary N) is 1. The van der Waals surface area contributed by atoms with E-state index in [1.807, 2.05) is 39.4 Å². The number of ether oxygens (including phenoxy) is 2. The molecule has 0 radical (unpaired) electrons. The van der Waals surface area contributed by atoms with Gasteiger partial charge in [-0.1, -0.05) is 17.7 Å². The Morgan fingerprint density at radius 2 is 1.71 bits per heavy atom. The molecular weight excluding hydrogens is 745 g/mol. The third-order valence-electron chi connectivity index (χ3n) is 10.4. The van der Waals surface area contributed by atoms with Crippen molar-refractivity contribution in [3.05, 3.63) is 117 Å². The van der Waals surface area contributed by atoms with Crippen molar-refractivity contribution in [3.63, 3.8) is 0 Å². The van der Waals surface area contributed by atoms with Crippen LogP contribution in [-0.2, 0) is 9.53 Å². The number of amides is 3. The van der Waals surface area contributed by atoms with Gasteiger partial charge in [0.25, 0.3) is 5.91 Å². The molecule has 1 N–H and O–H groups in total. The molecule has 12 nitrogen and oxygen atoms in total. The van der Waals surface area contributed by atoms with Gasteiger partial charge in [-0.2, -0.15) is 0 Å². The SMILES string of the molecule is COC(=O)C1=C(CN2CCN3C(=O)N(c4ccc(Oc5ccc(C(=O)N6CCCCC6)cc5)cc4)C[C@@H]3C2)NC(c2nccs2)=NC1c1ccc(F)cc1Cl. The van der Waals surface area contributed by atoms with Crippen LogP contribution in [0.1, 0.15) is 46.2 Å². The van der Waals surface area contributed by atoms with E-state index in [9.17, 15) is 18.8 Å². The number of aliphatic imine (C=N–C) groups is 1. The van der Waals surface area contributed by atoms with E-state index in [4.69, 9.17) is 26.1 Å². The van der Waals surface area contributed by atoms with E-state index in [2.05, 4.69) is 15.2 Å². The minimum absolute atomic E-state index is 0.0511. The van der Waals surface area contributed by atoms with Crippen LogP contribution in [0.4, 0.5) is 14.9 Å². The number of fused-ring (bicyclic) bond motifs is 1. The van der Waals surface area contributed by atoms with Crippen LogP contribution in [0.5, 0.6) is 11.5 Å². The minimum atomic E-state index is -0.861. The van der Waals surface area contributed by atoms with Crippen molar-refractivity contribution in [3.8, 4) is 11.5 Å². The number of methoxy groups -OCH3 is 1. The second-order valence-electron chi connectivity index (χ2n) is 13.8. The highest BCUT2D eigenvalue weighted by Crippen LogP contribution is 2.37. The van der Waals surface area contributed by atoms with Gasteiger partial charge in [0.05, 0.1) is 18.7 Å². The number of esters is 1. The zero-order chi connectivity index (χ0) is 38.1. The number of aromatic nitrogens is 1. The second-order valence-corrected chi connectivity index (χ2v) is 15.1. The molecule has 1 unspecified atom stereocenters. The summed E-state index contributed by atoms with van der Waals surface area (Å²) in [6, 6.07) is 17.6. The lowest BCUT2D eigenvalue weighted by Gasteiger charge is -2.38. The third kappa shape index (κ3) is 7.66. The van der Waals surface area contributed by atoms with Crippen LogP contribution in [0.3, 0.4) is 0 Å². The van der Waals surface area contributed by atoms with Crippen molar-refractivity contribution in [2.24, 2.45) is 4.99 Å². The average Bonchev–Trinajstić information content (AvgIpc) is 3.86. The maximum Gasteiger partial charge on any atom is 0.338 e. The van der Waals surface area contributed by atoms with Crippen LogP contribution >= 0.6 is 22.9 Å². The number of hydrogen-bond acceptors (Lipinski definition) is 10. The first-order chi connectivity index (χ1) is 26.7. The summed E-state index contributed by atoms with van der Waals surface area (Å²) in [5, 5.41) is 5.94. The van der Waals surface area contributed by atoms with Crippen LogP contribution in [0, 0.1) is 5.82 Å². The molecule has 4 aliphatic rings. The Morgan fingerprint density at radius 3 is 2.40 bits per heavy atom. The van der Waals surface area contributed by atoms with Gasteiger partial charge in [0.1, 0.15) is 23.4 Å². The summed E-state index contributed by atoms with van der Waals surface area (Å²) in [6.07, 6.45) is 4.93. The summed E-state index contributed by atoms with van der Waals surface area (Å²) in [4.78, 5) is 56.9. The van der Waals surface area contributed by atoms with E-state index in [-0.39, 0.29) is 28.6 Å². The number of likely N-dealkylation sites (tertiary alicyclic amines) is 1. The van der Waals surface area contributed by atoms with Gasteiger partial charge in [-0.05, 0) is 79.9 Å². The number of urea groups is 1. The van der Waals surface area contributed by atoms with Gasteiger partial charge in [0.15, 0.2) is 10.8 Å². The molecule has 0 aliphatic carbocycles. The predicted octanol–water partition coefficient (Wildman–Crippen LogP) is 6.50. The quantitative estimate of drug-likeness (QED) is 0.191. The molecular formula is C40H39ClFN7O5S. The molecule has 3 saturated heterocycles. The van der Waals surface area contributed by atoms with Crippen molar-refractivity contribution >= 4 is 52.4 Å². The number of carbonyl (C=O) groups is 3. The molecule has 4 aromatic rings. The number of benzene rings is 3. The lowest BCUT2D eigenvalue weighted by Crippen LogP contribution is -2.53. The van der Waals surface area contributed by atoms with E-state index >= 15 is 0 Å². The molecule has 3 amide bonds. The van der Waals surface area contributed by atoms with Gasteiger partial charge in [-0.15, -0.1) is 11.3 Å². The Bertz CT molecular complexity index is 2140. The molecule has 3 aromatic carbocycles.